The molecule has 35 heavy (non-hydrogen) atoms. The van der Waals surface area contributed by atoms with E-state index in [0.29, 0.717) is 23.5 Å². The van der Waals surface area contributed by atoms with Crippen molar-refractivity contribution in [1.82, 2.24) is 10.7 Å². The van der Waals surface area contributed by atoms with Crippen molar-refractivity contribution in [3.8, 4) is 11.5 Å². The second-order valence-corrected chi connectivity index (χ2v) is 7.94. The van der Waals surface area contributed by atoms with Gasteiger partial charge in [0.15, 0.2) is 11.5 Å². The van der Waals surface area contributed by atoms with Crippen LogP contribution in [0.1, 0.15) is 33.2 Å². The number of benzene rings is 3. The largest absolute Gasteiger partial charge is 0.490 e. The van der Waals surface area contributed by atoms with Crippen molar-refractivity contribution in [1.29, 1.82) is 0 Å². The van der Waals surface area contributed by atoms with Gasteiger partial charge in [-0.2, -0.15) is 5.10 Å². The fourth-order valence-electron chi connectivity index (χ4n) is 2.81. The van der Waals surface area contributed by atoms with Crippen molar-refractivity contribution in [3.05, 3.63) is 93.7 Å². The standard InChI is InChI=1S/C25H21BrFN3O5/c1-2-34-22-12-16(6-11-21(22)35-25(33)17-7-9-19(26)10-8-17)14-29-30-23(31)15-28-24(32)18-4-3-5-20(27)13-18/h3-14H,2,15H2,1H3,(H,28,32)(H,30,31)/b29-14+. The number of hydrogen-bond donors (Lipinski definition) is 2. The second kappa shape index (κ2) is 12.4. The molecule has 0 radical (unpaired) electrons. The molecule has 2 amide bonds. The molecule has 0 saturated heterocycles. The smallest absolute Gasteiger partial charge is 0.343 e. The molecular weight excluding hydrogens is 521 g/mol. The van der Waals surface area contributed by atoms with E-state index in [4.69, 9.17) is 9.47 Å². The van der Waals surface area contributed by atoms with E-state index in [1.54, 1.807) is 49.4 Å². The topological polar surface area (TPSA) is 106 Å². The molecule has 0 spiro atoms. The molecule has 0 unspecified atom stereocenters. The Kier molecular flexibility index (Phi) is 9.08. The number of rotatable bonds is 9. The number of amides is 2. The quantitative estimate of drug-likeness (QED) is 0.184. The number of ether oxygens (including phenoxy) is 2. The predicted molar refractivity (Wildman–Crippen MR) is 131 cm³/mol. The molecule has 10 heteroatoms. The molecule has 0 aliphatic rings. The van der Waals surface area contributed by atoms with Crippen LogP contribution in [-0.4, -0.2) is 37.1 Å². The average molecular weight is 542 g/mol. The van der Waals surface area contributed by atoms with E-state index in [9.17, 15) is 18.8 Å². The fourth-order valence-corrected chi connectivity index (χ4v) is 3.08. The molecule has 0 aliphatic heterocycles. The summed E-state index contributed by atoms with van der Waals surface area (Å²) in [6, 6.07) is 16.7. The first-order valence-corrected chi connectivity index (χ1v) is 11.2. The highest BCUT2D eigenvalue weighted by molar-refractivity contribution is 9.10. The van der Waals surface area contributed by atoms with Crippen LogP contribution in [0, 0.1) is 5.82 Å². The molecule has 0 aromatic heterocycles. The summed E-state index contributed by atoms with van der Waals surface area (Å²) in [6.07, 6.45) is 1.37. The van der Waals surface area contributed by atoms with Crippen molar-refractivity contribution in [2.75, 3.05) is 13.2 Å². The minimum atomic E-state index is -0.585. The van der Waals surface area contributed by atoms with Gasteiger partial charge in [-0.1, -0.05) is 22.0 Å². The Balaban J connectivity index is 1.57. The van der Waals surface area contributed by atoms with Gasteiger partial charge < -0.3 is 14.8 Å². The SMILES string of the molecule is CCOc1cc(/C=N/NC(=O)CNC(=O)c2cccc(F)c2)ccc1OC(=O)c1ccc(Br)cc1. The number of carbonyl (C=O) groups is 3. The van der Waals surface area contributed by atoms with Crippen molar-refractivity contribution < 1.29 is 28.2 Å². The Morgan fingerprint density at radius 2 is 1.77 bits per heavy atom. The van der Waals surface area contributed by atoms with Crippen molar-refractivity contribution >= 4 is 39.9 Å². The van der Waals surface area contributed by atoms with E-state index >= 15 is 0 Å². The molecule has 0 fully saturated rings. The maximum atomic E-state index is 13.2. The zero-order valence-corrected chi connectivity index (χ0v) is 20.2. The highest BCUT2D eigenvalue weighted by Gasteiger charge is 2.13. The summed E-state index contributed by atoms with van der Waals surface area (Å²) in [5, 5.41) is 6.23. The summed E-state index contributed by atoms with van der Waals surface area (Å²) in [5.41, 5.74) is 3.34. The number of carbonyl (C=O) groups excluding carboxylic acids is 3. The predicted octanol–water partition coefficient (Wildman–Crippen LogP) is 4.09. The van der Waals surface area contributed by atoms with Crippen LogP contribution in [0.3, 0.4) is 0 Å². The number of halogens is 2. The fraction of sp³-hybridized carbons (Fsp3) is 0.120. The maximum Gasteiger partial charge on any atom is 0.343 e. The molecule has 3 aromatic carbocycles. The van der Waals surface area contributed by atoms with Crippen molar-refractivity contribution in [3.63, 3.8) is 0 Å². The van der Waals surface area contributed by atoms with E-state index in [1.807, 2.05) is 0 Å². The number of hydrogen-bond acceptors (Lipinski definition) is 6. The molecule has 3 rings (SSSR count). The Hall–Kier alpha value is -4.05. The average Bonchev–Trinajstić information content (AvgIpc) is 2.84. The Bertz CT molecular complexity index is 1250. The minimum Gasteiger partial charge on any atom is -0.490 e. The third-order valence-electron chi connectivity index (χ3n) is 4.45. The lowest BCUT2D eigenvalue weighted by atomic mass is 10.2. The van der Waals surface area contributed by atoms with E-state index < -0.39 is 23.6 Å². The van der Waals surface area contributed by atoms with Crippen molar-refractivity contribution in [2.45, 2.75) is 6.92 Å². The highest BCUT2D eigenvalue weighted by atomic mass is 79.9. The Labute approximate surface area is 209 Å². The molecule has 0 bridgehead atoms. The van der Waals surface area contributed by atoms with Gasteiger partial charge in [0, 0.05) is 10.0 Å². The monoisotopic (exact) mass is 541 g/mol. The Morgan fingerprint density at radius 3 is 2.49 bits per heavy atom. The first-order chi connectivity index (χ1) is 16.9. The molecule has 180 valence electrons. The summed E-state index contributed by atoms with van der Waals surface area (Å²) in [7, 11) is 0. The lowest BCUT2D eigenvalue weighted by molar-refractivity contribution is -0.120. The molecule has 2 N–H and O–H groups in total. The van der Waals surface area contributed by atoms with Gasteiger partial charge in [0.1, 0.15) is 5.82 Å². The minimum absolute atomic E-state index is 0.102. The van der Waals surface area contributed by atoms with Crippen LogP contribution in [0.25, 0.3) is 0 Å². The Morgan fingerprint density at radius 1 is 1.00 bits per heavy atom. The van der Waals surface area contributed by atoms with Gasteiger partial charge in [0.25, 0.3) is 11.8 Å². The van der Waals surface area contributed by atoms with Crippen LogP contribution in [0.4, 0.5) is 4.39 Å². The van der Waals surface area contributed by atoms with E-state index in [2.05, 4.69) is 31.8 Å². The molecule has 0 atom stereocenters. The van der Waals surface area contributed by atoms with Gasteiger partial charge in [0.05, 0.1) is 24.9 Å². The number of nitrogens with one attached hydrogen (secondary N) is 2. The summed E-state index contributed by atoms with van der Waals surface area (Å²) in [4.78, 5) is 36.3. The first-order valence-electron chi connectivity index (χ1n) is 10.5. The summed E-state index contributed by atoms with van der Waals surface area (Å²) < 4.78 is 25.1. The lowest BCUT2D eigenvalue weighted by Crippen LogP contribution is -2.34. The normalized spacial score (nSPS) is 10.6. The third kappa shape index (κ3) is 7.75. The highest BCUT2D eigenvalue weighted by Crippen LogP contribution is 2.29. The molecule has 0 heterocycles. The van der Waals surface area contributed by atoms with Crippen LogP contribution < -0.4 is 20.2 Å². The van der Waals surface area contributed by atoms with Gasteiger partial charge >= 0.3 is 5.97 Å². The van der Waals surface area contributed by atoms with Gasteiger partial charge in [-0.15, -0.1) is 0 Å². The van der Waals surface area contributed by atoms with Gasteiger partial charge in [-0.25, -0.2) is 14.6 Å². The number of nitrogens with zero attached hydrogens (tertiary/aromatic N) is 1. The summed E-state index contributed by atoms with van der Waals surface area (Å²) in [6.45, 7) is 1.78. The van der Waals surface area contributed by atoms with Crippen LogP contribution in [0.2, 0.25) is 0 Å². The van der Waals surface area contributed by atoms with Gasteiger partial charge in [0.2, 0.25) is 0 Å². The third-order valence-corrected chi connectivity index (χ3v) is 4.98. The molecule has 3 aromatic rings. The first kappa shape index (κ1) is 25.6. The van der Waals surface area contributed by atoms with Crippen LogP contribution in [-0.2, 0) is 4.79 Å². The van der Waals surface area contributed by atoms with E-state index in [1.165, 1.54) is 24.4 Å². The zero-order chi connectivity index (χ0) is 25.2. The summed E-state index contributed by atoms with van der Waals surface area (Å²) >= 11 is 3.32. The van der Waals surface area contributed by atoms with E-state index in [-0.39, 0.29) is 17.9 Å². The number of hydrazone groups is 1. The van der Waals surface area contributed by atoms with Crippen LogP contribution in [0.5, 0.6) is 11.5 Å². The molecule has 0 saturated carbocycles. The second-order valence-electron chi connectivity index (χ2n) is 7.02. The van der Waals surface area contributed by atoms with Crippen LogP contribution in [0.15, 0.2) is 76.3 Å². The molecule has 0 aliphatic carbocycles. The zero-order valence-electron chi connectivity index (χ0n) is 18.6. The lowest BCUT2D eigenvalue weighted by Gasteiger charge is -2.11. The number of esters is 1. The van der Waals surface area contributed by atoms with Gasteiger partial charge in [-0.3, -0.25) is 9.59 Å². The molecular formula is C25H21BrFN3O5. The maximum absolute atomic E-state index is 13.2. The molecule has 8 nitrogen and oxygen atoms in total. The van der Waals surface area contributed by atoms with E-state index in [0.717, 1.165) is 10.5 Å². The van der Waals surface area contributed by atoms with Crippen LogP contribution >= 0.6 is 15.9 Å². The summed E-state index contributed by atoms with van der Waals surface area (Å²) in [5.74, 6) is -1.68. The van der Waals surface area contributed by atoms with Crippen molar-refractivity contribution in [2.24, 2.45) is 5.10 Å². The van der Waals surface area contributed by atoms with Gasteiger partial charge in [-0.05, 0) is 73.2 Å².